The van der Waals surface area contributed by atoms with Crippen LogP contribution in [0.3, 0.4) is 0 Å². The Morgan fingerprint density at radius 1 is 1.50 bits per heavy atom. The summed E-state index contributed by atoms with van der Waals surface area (Å²) in [4.78, 5) is 0.292. The normalized spacial score (nSPS) is 26.9. The van der Waals surface area contributed by atoms with Gasteiger partial charge in [0.1, 0.15) is 0 Å². The third-order valence-electron chi connectivity index (χ3n) is 4.03. The van der Waals surface area contributed by atoms with Crippen molar-refractivity contribution >= 4 is 10.0 Å². The van der Waals surface area contributed by atoms with Crippen LogP contribution in [0.2, 0.25) is 0 Å². The quantitative estimate of drug-likeness (QED) is 0.878. The third-order valence-corrected chi connectivity index (χ3v) is 5.79. The van der Waals surface area contributed by atoms with Gasteiger partial charge in [0.2, 0.25) is 10.0 Å². The highest BCUT2D eigenvalue weighted by atomic mass is 32.2. The molecule has 112 valence electrons. The van der Waals surface area contributed by atoms with E-state index in [1.807, 2.05) is 19.9 Å². The van der Waals surface area contributed by atoms with Crippen molar-refractivity contribution in [1.82, 2.24) is 4.72 Å². The number of ether oxygens (including phenoxy) is 1. The number of aryl methyl sites for hydroxylation is 1. The molecule has 0 aromatic heterocycles. The van der Waals surface area contributed by atoms with Crippen LogP contribution >= 0.6 is 0 Å². The predicted molar refractivity (Wildman–Crippen MR) is 77.8 cm³/mol. The molecule has 0 spiro atoms. The molecule has 3 N–H and O–H groups in total. The number of hydrogen-bond donors (Lipinski definition) is 2. The van der Waals surface area contributed by atoms with Gasteiger partial charge in [-0.3, -0.25) is 0 Å². The first-order chi connectivity index (χ1) is 9.28. The third kappa shape index (κ3) is 2.88. The summed E-state index contributed by atoms with van der Waals surface area (Å²) < 4.78 is 33.5. The Morgan fingerprint density at radius 3 is 2.75 bits per heavy atom. The van der Waals surface area contributed by atoms with Crippen molar-refractivity contribution in [3.63, 3.8) is 0 Å². The Morgan fingerprint density at radius 2 is 2.20 bits per heavy atom. The maximum absolute atomic E-state index is 12.6. The molecule has 1 aromatic rings. The van der Waals surface area contributed by atoms with Gasteiger partial charge in [-0.05, 0) is 44.4 Å². The van der Waals surface area contributed by atoms with Gasteiger partial charge in [-0.15, -0.1) is 0 Å². The summed E-state index contributed by atoms with van der Waals surface area (Å²) in [6.07, 6.45) is 0.526. The largest absolute Gasteiger partial charge is 0.376 e. The van der Waals surface area contributed by atoms with Crippen LogP contribution in [0.1, 0.15) is 31.4 Å². The van der Waals surface area contributed by atoms with Gasteiger partial charge in [-0.25, -0.2) is 13.1 Å². The molecule has 5 nitrogen and oxygen atoms in total. The summed E-state index contributed by atoms with van der Waals surface area (Å²) in [5.41, 5.74) is 6.54. The highest BCUT2D eigenvalue weighted by molar-refractivity contribution is 7.89. The van der Waals surface area contributed by atoms with E-state index in [0.29, 0.717) is 30.0 Å². The fourth-order valence-electron chi connectivity index (χ4n) is 2.39. The summed E-state index contributed by atoms with van der Waals surface area (Å²) in [6.45, 7) is 6.44. The molecule has 2 rings (SSSR count). The van der Waals surface area contributed by atoms with Crippen molar-refractivity contribution in [2.75, 3.05) is 6.61 Å². The van der Waals surface area contributed by atoms with E-state index in [4.69, 9.17) is 10.5 Å². The molecule has 0 bridgehead atoms. The highest BCUT2D eigenvalue weighted by Crippen LogP contribution is 2.28. The van der Waals surface area contributed by atoms with E-state index in [1.54, 1.807) is 19.1 Å². The van der Waals surface area contributed by atoms with E-state index in [0.717, 1.165) is 5.56 Å². The Hall–Kier alpha value is -0.950. The molecule has 1 saturated heterocycles. The lowest BCUT2D eigenvalue weighted by molar-refractivity contribution is 0.0957. The molecule has 0 aliphatic carbocycles. The molecule has 6 heteroatoms. The van der Waals surface area contributed by atoms with E-state index in [-0.39, 0.29) is 6.10 Å². The average molecular weight is 298 g/mol. The molecule has 2 unspecified atom stereocenters. The van der Waals surface area contributed by atoms with Crippen molar-refractivity contribution in [2.24, 2.45) is 5.73 Å². The van der Waals surface area contributed by atoms with Gasteiger partial charge in [-0.2, -0.15) is 0 Å². The molecule has 1 aliphatic rings. The molecule has 0 radical (unpaired) electrons. The fourth-order valence-corrected chi connectivity index (χ4v) is 4.18. The van der Waals surface area contributed by atoms with E-state index in [2.05, 4.69) is 4.72 Å². The summed E-state index contributed by atoms with van der Waals surface area (Å²) >= 11 is 0. The number of nitrogens with two attached hydrogens (primary N) is 1. The minimum absolute atomic E-state index is 0.143. The van der Waals surface area contributed by atoms with Crippen molar-refractivity contribution in [3.05, 3.63) is 29.3 Å². The van der Waals surface area contributed by atoms with E-state index in [9.17, 15) is 8.42 Å². The highest BCUT2D eigenvalue weighted by Gasteiger charge is 2.40. The van der Waals surface area contributed by atoms with Crippen molar-refractivity contribution in [3.8, 4) is 0 Å². The monoisotopic (exact) mass is 298 g/mol. The summed E-state index contributed by atoms with van der Waals surface area (Å²) in [6, 6.07) is 5.27. The van der Waals surface area contributed by atoms with Crippen LogP contribution in [0.15, 0.2) is 23.1 Å². The van der Waals surface area contributed by atoms with Gasteiger partial charge in [0.25, 0.3) is 0 Å². The predicted octanol–water partition coefficient (Wildman–Crippen LogP) is 1.30. The van der Waals surface area contributed by atoms with Crippen LogP contribution in [0.5, 0.6) is 0 Å². The SMILES string of the molecule is Cc1ccc(CN)cc1S(=O)(=O)NC1(C)CCOC1C. The van der Waals surface area contributed by atoms with Gasteiger partial charge < -0.3 is 10.5 Å². The first-order valence-electron chi connectivity index (χ1n) is 6.74. The Bertz CT molecular complexity index is 600. The van der Waals surface area contributed by atoms with Gasteiger partial charge in [0.15, 0.2) is 0 Å². The van der Waals surface area contributed by atoms with Crippen LogP contribution in [-0.4, -0.2) is 26.7 Å². The zero-order valence-electron chi connectivity index (χ0n) is 12.1. The molecular weight excluding hydrogens is 276 g/mol. The van der Waals surface area contributed by atoms with Crippen LogP contribution in [0, 0.1) is 6.92 Å². The van der Waals surface area contributed by atoms with Gasteiger partial charge in [-0.1, -0.05) is 12.1 Å². The second-order valence-corrected chi connectivity index (χ2v) is 7.24. The van der Waals surface area contributed by atoms with Crippen molar-refractivity contribution in [1.29, 1.82) is 0 Å². The molecule has 2 atom stereocenters. The molecule has 20 heavy (non-hydrogen) atoms. The van der Waals surface area contributed by atoms with E-state index >= 15 is 0 Å². The first-order valence-corrected chi connectivity index (χ1v) is 8.22. The molecule has 0 amide bonds. The lowest BCUT2D eigenvalue weighted by Crippen LogP contribution is -2.50. The van der Waals surface area contributed by atoms with Crippen LogP contribution < -0.4 is 10.5 Å². The molecular formula is C14H22N2O3S. The Labute approximate surface area is 120 Å². The second kappa shape index (κ2) is 5.44. The fraction of sp³-hybridized carbons (Fsp3) is 0.571. The molecule has 1 fully saturated rings. The van der Waals surface area contributed by atoms with Crippen molar-refractivity contribution in [2.45, 2.75) is 50.3 Å². The van der Waals surface area contributed by atoms with Gasteiger partial charge in [0.05, 0.1) is 16.5 Å². The second-order valence-electron chi connectivity index (χ2n) is 5.59. The number of benzene rings is 1. The average Bonchev–Trinajstić information content (AvgIpc) is 2.68. The molecule has 1 heterocycles. The Kier molecular flexibility index (Phi) is 4.20. The minimum Gasteiger partial charge on any atom is -0.376 e. The molecule has 0 saturated carbocycles. The maximum atomic E-state index is 12.6. The number of sulfonamides is 1. The van der Waals surface area contributed by atoms with Gasteiger partial charge in [0, 0.05) is 13.2 Å². The summed E-state index contributed by atoms with van der Waals surface area (Å²) in [5.74, 6) is 0. The zero-order valence-corrected chi connectivity index (χ0v) is 13.0. The van der Waals surface area contributed by atoms with E-state index < -0.39 is 15.6 Å². The number of nitrogens with one attached hydrogen (secondary N) is 1. The topological polar surface area (TPSA) is 81.4 Å². The smallest absolute Gasteiger partial charge is 0.241 e. The van der Waals surface area contributed by atoms with Crippen molar-refractivity contribution < 1.29 is 13.2 Å². The first kappa shape index (κ1) is 15.4. The maximum Gasteiger partial charge on any atom is 0.241 e. The minimum atomic E-state index is -3.58. The van der Waals surface area contributed by atoms with Crippen LogP contribution in [-0.2, 0) is 21.3 Å². The number of rotatable bonds is 4. The molecule has 1 aromatic carbocycles. The summed E-state index contributed by atoms with van der Waals surface area (Å²) in [5, 5.41) is 0. The number of hydrogen-bond acceptors (Lipinski definition) is 4. The Balaban J connectivity index is 2.36. The lowest BCUT2D eigenvalue weighted by atomic mass is 9.97. The summed E-state index contributed by atoms with van der Waals surface area (Å²) in [7, 11) is -3.58. The van der Waals surface area contributed by atoms with Crippen LogP contribution in [0.25, 0.3) is 0 Å². The standard InChI is InChI=1S/C14H22N2O3S/c1-10-4-5-12(9-15)8-13(10)20(17,18)16-14(3)6-7-19-11(14)2/h4-5,8,11,16H,6-7,9,15H2,1-3H3. The van der Waals surface area contributed by atoms with Crippen LogP contribution in [0.4, 0.5) is 0 Å². The van der Waals surface area contributed by atoms with E-state index in [1.165, 1.54) is 0 Å². The lowest BCUT2D eigenvalue weighted by Gasteiger charge is -2.28. The molecule has 1 aliphatic heterocycles. The zero-order chi connectivity index (χ0) is 15.0. The van der Waals surface area contributed by atoms with Gasteiger partial charge >= 0.3 is 0 Å².